The van der Waals surface area contributed by atoms with E-state index in [4.69, 9.17) is 4.74 Å². The van der Waals surface area contributed by atoms with E-state index in [9.17, 15) is 5.11 Å². The molecule has 0 radical (unpaired) electrons. The monoisotopic (exact) mass is 518 g/mol. The summed E-state index contributed by atoms with van der Waals surface area (Å²) < 4.78 is 5.51. The zero-order chi connectivity index (χ0) is 20.4. The molecule has 6 nitrogen and oxygen atoms in total. The fourth-order valence-corrected chi connectivity index (χ4v) is 3.53. The third-order valence-electron chi connectivity index (χ3n) is 5.10. The predicted molar refractivity (Wildman–Crippen MR) is 131 cm³/mol. The second-order valence-electron chi connectivity index (χ2n) is 8.15. The lowest BCUT2D eigenvalue weighted by atomic mass is 9.96. The molecule has 29 heavy (non-hydrogen) atoms. The van der Waals surface area contributed by atoms with Crippen LogP contribution in [0.25, 0.3) is 0 Å². The third kappa shape index (κ3) is 9.19. The van der Waals surface area contributed by atoms with Gasteiger partial charge in [-0.25, -0.2) is 4.99 Å². The summed E-state index contributed by atoms with van der Waals surface area (Å²) in [5, 5.41) is 17.6. The van der Waals surface area contributed by atoms with Crippen molar-refractivity contribution in [2.24, 2.45) is 10.9 Å². The maximum atomic E-state index is 10.8. The Kier molecular flexibility index (Phi) is 12.1. The number of morpholine rings is 1. The Labute approximate surface area is 193 Å². The zero-order valence-corrected chi connectivity index (χ0v) is 20.7. The normalized spacial score (nSPS) is 18.6. The second-order valence-corrected chi connectivity index (χ2v) is 8.15. The molecule has 1 saturated heterocycles. The van der Waals surface area contributed by atoms with Crippen molar-refractivity contribution in [3.8, 4) is 0 Å². The molecule has 2 rings (SSSR count). The molecule has 3 N–H and O–H groups in total. The van der Waals surface area contributed by atoms with E-state index in [2.05, 4.69) is 41.3 Å². The molecule has 166 valence electrons. The van der Waals surface area contributed by atoms with Crippen molar-refractivity contribution < 1.29 is 9.84 Å². The molecular formula is C22H39IN4O2. The van der Waals surface area contributed by atoms with E-state index in [1.807, 2.05) is 37.3 Å². The van der Waals surface area contributed by atoms with Crippen molar-refractivity contribution in [3.05, 3.63) is 35.9 Å². The molecule has 0 bridgehead atoms. The Morgan fingerprint density at radius 1 is 1.21 bits per heavy atom. The lowest BCUT2D eigenvalue weighted by Gasteiger charge is -2.36. The number of nitrogens with one attached hydrogen (secondary N) is 2. The van der Waals surface area contributed by atoms with Gasteiger partial charge in [0.05, 0.1) is 19.8 Å². The number of guanidine groups is 1. The first kappa shape index (κ1) is 26.1. The Balaban J connectivity index is 0.00000420. The summed E-state index contributed by atoms with van der Waals surface area (Å²) in [4.78, 5) is 7.17. The molecule has 2 atom stereocenters. The number of ether oxygens (including phenoxy) is 1. The van der Waals surface area contributed by atoms with Gasteiger partial charge in [0.2, 0.25) is 0 Å². The van der Waals surface area contributed by atoms with E-state index >= 15 is 0 Å². The van der Waals surface area contributed by atoms with Crippen molar-refractivity contribution in [3.63, 3.8) is 0 Å². The van der Waals surface area contributed by atoms with Gasteiger partial charge in [-0.3, -0.25) is 4.90 Å². The van der Waals surface area contributed by atoms with E-state index < -0.39 is 5.60 Å². The first-order valence-corrected chi connectivity index (χ1v) is 10.5. The number of rotatable bonds is 9. The smallest absolute Gasteiger partial charge is 0.191 e. The fraction of sp³-hybridized carbons (Fsp3) is 0.682. The maximum Gasteiger partial charge on any atom is 0.191 e. The first-order valence-electron chi connectivity index (χ1n) is 10.5. The summed E-state index contributed by atoms with van der Waals surface area (Å²) in [5.41, 5.74) is -0.119. The van der Waals surface area contributed by atoms with Crippen LogP contribution in [0.15, 0.2) is 35.3 Å². The average molecular weight is 518 g/mol. The Hall–Kier alpha value is -0.900. The minimum Gasteiger partial charge on any atom is -0.384 e. The van der Waals surface area contributed by atoms with Gasteiger partial charge in [0.1, 0.15) is 5.60 Å². The number of benzene rings is 1. The number of aliphatic hydroxyl groups is 1. The molecule has 1 aliphatic heterocycles. The molecular weight excluding hydrogens is 479 g/mol. The highest BCUT2D eigenvalue weighted by molar-refractivity contribution is 14.0. The molecule has 7 heteroatoms. The third-order valence-corrected chi connectivity index (χ3v) is 5.10. The van der Waals surface area contributed by atoms with Gasteiger partial charge in [0.25, 0.3) is 0 Å². The fourth-order valence-electron chi connectivity index (χ4n) is 3.53. The van der Waals surface area contributed by atoms with Crippen LogP contribution in [0, 0.1) is 5.92 Å². The lowest BCUT2D eigenvalue weighted by molar-refractivity contribution is 0.0132. The largest absolute Gasteiger partial charge is 0.384 e. The minimum atomic E-state index is -0.995. The van der Waals surface area contributed by atoms with Crippen molar-refractivity contribution in [2.45, 2.75) is 45.8 Å². The van der Waals surface area contributed by atoms with Gasteiger partial charge in [-0.05, 0) is 31.7 Å². The van der Waals surface area contributed by atoms with E-state index in [1.165, 1.54) is 0 Å². The molecule has 0 saturated carbocycles. The molecule has 0 aromatic heterocycles. The van der Waals surface area contributed by atoms with Gasteiger partial charge in [-0.15, -0.1) is 24.0 Å². The molecule has 0 amide bonds. The molecule has 0 aliphatic carbocycles. The first-order chi connectivity index (χ1) is 13.4. The van der Waals surface area contributed by atoms with Crippen molar-refractivity contribution in [1.82, 2.24) is 15.5 Å². The summed E-state index contributed by atoms with van der Waals surface area (Å²) >= 11 is 0. The zero-order valence-electron chi connectivity index (χ0n) is 18.4. The lowest BCUT2D eigenvalue weighted by Crippen LogP contribution is -2.51. The molecule has 1 aromatic carbocycles. The number of hydrogen-bond donors (Lipinski definition) is 3. The highest BCUT2D eigenvalue weighted by Gasteiger charge is 2.24. The van der Waals surface area contributed by atoms with Gasteiger partial charge in [0, 0.05) is 32.2 Å². The summed E-state index contributed by atoms with van der Waals surface area (Å²) in [6.07, 6.45) is 1.13. The van der Waals surface area contributed by atoms with Crippen molar-refractivity contribution in [1.29, 1.82) is 0 Å². The van der Waals surface area contributed by atoms with E-state index in [0.29, 0.717) is 18.5 Å². The Morgan fingerprint density at radius 2 is 1.86 bits per heavy atom. The van der Waals surface area contributed by atoms with E-state index in [-0.39, 0.29) is 24.0 Å². The number of halogens is 1. The number of nitrogens with zero attached hydrogens (tertiary/aromatic N) is 2. The van der Waals surface area contributed by atoms with Crippen LogP contribution >= 0.6 is 24.0 Å². The van der Waals surface area contributed by atoms with Crippen LogP contribution in [0.4, 0.5) is 0 Å². The van der Waals surface area contributed by atoms with Crippen LogP contribution < -0.4 is 10.6 Å². The van der Waals surface area contributed by atoms with Gasteiger partial charge in [-0.1, -0.05) is 44.2 Å². The van der Waals surface area contributed by atoms with Crippen molar-refractivity contribution in [2.75, 3.05) is 45.9 Å². The van der Waals surface area contributed by atoms with Crippen LogP contribution in [0.5, 0.6) is 0 Å². The van der Waals surface area contributed by atoms with Gasteiger partial charge in [-0.2, -0.15) is 0 Å². The average Bonchev–Trinajstić information content (AvgIpc) is 2.70. The highest BCUT2D eigenvalue weighted by atomic mass is 127. The van der Waals surface area contributed by atoms with Gasteiger partial charge < -0.3 is 20.5 Å². The topological polar surface area (TPSA) is 69.1 Å². The summed E-state index contributed by atoms with van der Waals surface area (Å²) in [6, 6.07) is 10.2. The van der Waals surface area contributed by atoms with E-state index in [1.54, 1.807) is 0 Å². The quantitative estimate of drug-likeness (QED) is 0.267. The summed E-state index contributed by atoms with van der Waals surface area (Å²) in [5.74, 6) is 1.38. The number of aliphatic imine (C=N–C) groups is 1. The van der Waals surface area contributed by atoms with Crippen LogP contribution in [0.3, 0.4) is 0 Å². The summed E-state index contributed by atoms with van der Waals surface area (Å²) in [7, 11) is 0. The van der Waals surface area contributed by atoms with Gasteiger partial charge >= 0.3 is 0 Å². The van der Waals surface area contributed by atoms with Crippen LogP contribution in [-0.2, 0) is 10.3 Å². The molecule has 0 spiro atoms. The SMILES string of the molecule is CCNC(=NCC(C)(O)c1ccccc1)NCC(CC(C)C)N1CCOCC1.I. The van der Waals surface area contributed by atoms with Crippen molar-refractivity contribution >= 4 is 29.9 Å². The number of hydrogen-bond acceptors (Lipinski definition) is 4. The maximum absolute atomic E-state index is 10.8. The summed E-state index contributed by atoms with van der Waals surface area (Å²) in [6.45, 7) is 13.9. The molecule has 1 heterocycles. The molecule has 2 unspecified atom stereocenters. The molecule has 1 aromatic rings. The van der Waals surface area contributed by atoms with Gasteiger partial charge in [0.15, 0.2) is 5.96 Å². The highest BCUT2D eigenvalue weighted by Crippen LogP contribution is 2.20. The predicted octanol–water partition coefficient (Wildman–Crippen LogP) is 2.81. The molecule has 1 aliphatic rings. The standard InChI is InChI=1S/C22H38N4O2.HI/c1-5-23-21(25-17-22(4,27)19-9-7-6-8-10-19)24-16-20(15-18(2)3)26-11-13-28-14-12-26;/h6-10,18,20,27H,5,11-17H2,1-4H3,(H2,23,24,25);1H. The van der Waals surface area contributed by atoms with E-state index in [0.717, 1.165) is 57.3 Å². The Bertz CT molecular complexity index is 590. The van der Waals surface area contributed by atoms with Crippen LogP contribution in [0.1, 0.15) is 39.7 Å². The second kappa shape index (κ2) is 13.4. The minimum absolute atomic E-state index is 0. The molecule has 1 fully saturated rings. The van der Waals surface area contributed by atoms with Crippen LogP contribution in [-0.4, -0.2) is 67.9 Å². The Morgan fingerprint density at radius 3 is 2.45 bits per heavy atom. The van der Waals surface area contributed by atoms with Crippen LogP contribution in [0.2, 0.25) is 0 Å².